The van der Waals surface area contributed by atoms with Gasteiger partial charge in [0.15, 0.2) is 0 Å². The van der Waals surface area contributed by atoms with E-state index in [4.69, 9.17) is 0 Å². The average molecular weight is 127 g/mol. The van der Waals surface area contributed by atoms with E-state index in [1.54, 1.807) is 0 Å². The summed E-state index contributed by atoms with van der Waals surface area (Å²) in [4.78, 5) is 9.84. The molecule has 0 spiro atoms. The lowest BCUT2D eigenvalue weighted by molar-refractivity contribution is -0.142. The van der Waals surface area contributed by atoms with Gasteiger partial charge in [0, 0.05) is 0 Å². The van der Waals surface area contributed by atoms with E-state index in [-0.39, 0.29) is 6.42 Å². The zero-order valence-corrected chi connectivity index (χ0v) is 5.81. The average Bonchev–Trinajstić information content (AvgIpc) is 1.63. The van der Waals surface area contributed by atoms with Crippen LogP contribution in [-0.2, 0) is 9.90 Å². The fraction of sp³-hybridized carbons (Fsp3) is 0.571. The van der Waals surface area contributed by atoms with Crippen LogP contribution in [0, 0.1) is 0 Å². The molecule has 0 amide bonds. The Labute approximate surface area is 55.2 Å². The van der Waals surface area contributed by atoms with Gasteiger partial charge >= 0.3 is 5.97 Å². The third-order valence-corrected chi connectivity index (χ3v) is 0.901. The second-order valence-corrected chi connectivity index (χ2v) is 2.19. The van der Waals surface area contributed by atoms with Gasteiger partial charge in [-0.15, -0.1) is 0 Å². The van der Waals surface area contributed by atoms with Crippen molar-refractivity contribution in [3.05, 3.63) is 11.6 Å². The lowest BCUT2D eigenvalue weighted by atomic mass is 10.2. The van der Waals surface area contributed by atoms with Gasteiger partial charge in [-0.25, -0.2) is 9.90 Å². The number of hydrogen-bond acceptors (Lipinski definition) is 1. The molecule has 0 heterocycles. The summed E-state index contributed by atoms with van der Waals surface area (Å²) in [6.45, 7) is 3.88. The largest absolute Gasteiger partial charge is 0.355 e. The van der Waals surface area contributed by atoms with Crippen LogP contribution in [0.5, 0.6) is 0 Å². The summed E-state index contributed by atoms with van der Waals surface area (Å²) in [6, 6.07) is 0. The van der Waals surface area contributed by atoms with Gasteiger partial charge in [-0.1, -0.05) is 11.6 Å². The number of rotatable bonds is 3. The standard InChI is InChI=1S/C7H11O2/c1-6(2)4-3-5-7(8)9/h4H,3,5H2,1-2H3. The van der Waals surface area contributed by atoms with Gasteiger partial charge in [-0.2, -0.15) is 0 Å². The number of hydrogen-bond donors (Lipinski definition) is 0. The van der Waals surface area contributed by atoms with Gasteiger partial charge in [0.2, 0.25) is 0 Å². The first kappa shape index (κ1) is 8.21. The Balaban J connectivity index is 3.31. The molecule has 51 valence electrons. The molecule has 9 heavy (non-hydrogen) atoms. The molecular formula is C7H11O2. The molecule has 1 radical (unpaired) electrons. The van der Waals surface area contributed by atoms with E-state index < -0.39 is 5.97 Å². The summed E-state index contributed by atoms with van der Waals surface area (Å²) < 4.78 is 0. The van der Waals surface area contributed by atoms with Crippen LogP contribution in [0.25, 0.3) is 0 Å². The van der Waals surface area contributed by atoms with Crippen LogP contribution >= 0.6 is 0 Å². The van der Waals surface area contributed by atoms with Crippen molar-refractivity contribution in [3.8, 4) is 0 Å². The van der Waals surface area contributed by atoms with E-state index in [0.29, 0.717) is 6.42 Å². The molecule has 0 aromatic rings. The van der Waals surface area contributed by atoms with Crippen molar-refractivity contribution in [1.82, 2.24) is 0 Å². The maximum atomic E-state index is 9.84. The van der Waals surface area contributed by atoms with Crippen LogP contribution in [0.2, 0.25) is 0 Å². The zero-order valence-electron chi connectivity index (χ0n) is 5.81. The summed E-state index contributed by atoms with van der Waals surface area (Å²) in [5.41, 5.74) is 1.15. The van der Waals surface area contributed by atoms with E-state index in [1.165, 1.54) is 0 Å². The van der Waals surface area contributed by atoms with Gasteiger partial charge < -0.3 is 0 Å². The lowest BCUT2D eigenvalue weighted by Gasteiger charge is -1.86. The van der Waals surface area contributed by atoms with Crippen molar-refractivity contribution in [2.24, 2.45) is 0 Å². The highest BCUT2D eigenvalue weighted by atomic mass is 16.4. The normalized spacial score (nSPS) is 8.67. The Morgan fingerprint density at radius 1 is 1.44 bits per heavy atom. The second kappa shape index (κ2) is 4.13. The molecule has 0 N–H and O–H groups in total. The third-order valence-electron chi connectivity index (χ3n) is 0.901. The summed E-state index contributed by atoms with van der Waals surface area (Å²) >= 11 is 0. The molecule has 0 aliphatic heterocycles. The third kappa shape index (κ3) is 7.21. The topological polar surface area (TPSA) is 37.0 Å². The van der Waals surface area contributed by atoms with Gasteiger partial charge in [0.05, 0.1) is 6.42 Å². The lowest BCUT2D eigenvalue weighted by Crippen LogP contribution is -1.89. The van der Waals surface area contributed by atoms with Gasteiger partial charge in [-0.05, 0) is 20.3 Å². The summed E-state index contributed by atoms with van der Waals surface area (Å²) in [5, 5.41) is 9.84. The van der Waals surface area contributed by atoms with Crippen LogP contribution in [0.15, 0.2) is 11.6 Å². The molecule has 0 aromatic heterocycles. The fourth-order valence-electron chi connectivity index (χ4n) is 0.479. The quantitative estimate of drug-likeness (QED) is 0.531. The van der Waals surface area contributed by atoms with Crippen molar-refractivity contribution in [3.63, 3.8) is 0 Å². The van der Waals surface area contributed by atoms with Gasteiger partial charge in [0.1, 0.15) is 0 Å². The summed E-state index contributed by atoms with van der Waals surface area (Å²) in [7, 11) is 0. The molecule has 0 fully saturated rings. The maximum absolute atomic E-state index is 9.84. The smallest absolute Gasteiger partial charge is 0.247 e. The van der Waals surface area contributed by atoms with Crippen LogP contribution < -0.4 is 0 Å². The van der Waals surface area contributed by atoms with Crippen LogP contribution in [-0.4, -0.2) is 5.97 Å². The van der Waals surface area contributed by atoms with E-state index in [9.17, 15) is 9.90 Å². The minimum Gasteiger partial charge on any atom is -0.247 e. The first-order valence-corrected chi connectivity index (χ1v) is 2.96. The highest BCUT2D eigenvalue weighted by Gasteiger charge is 1.94. The Bertz CT molecular complexity index is 121. The molecule has 0 saturated carbocycles. The van der Waals surface area contributed by atoms with E-state index in [2.05, 4.69) is 0 Å². The molecule has 0 unspecified atom stereocenters. The summed E-state index contributed by atoms with van der Waals surface area (Å²) in [5.74, 6) is -0.979. The van der Waals surface area contributed by atoms with Crippen LogP contribution in [0.4, 0.5) is 0 Å². The van der Waals surface area contributed by atoms with Crippen molar-refractivity contribution in [2.75, 3.05) is 0 Å². The van der Waals surface area contributed by atoms with Crippen molar-refractivity contribution in [1.29, 1.82) is 0 Å². The molecule has 0 saturated heterocycles. The van der Waals surface area contributed by atoms with Gasteiger partial charge in [-0.3, -0.25) is 0 Å². The Morgan fingerprint density at radius 3 is 2.33 bits per heavy atom. The number of carbonyl (C=O) groups is 1. The molecule has 2 nitrogen and oxygen atoms in total. The second-order valence-electron chi connectivity index (χ2n) is 2.19. The number of allylic oxidation sites excluding steroid dienone is 2. The molecule has 0 aromatic carbocycles. The number of carbonyl (C=O) groups excluding carboxylic acids is 1. The van der Waals surface area contributed by atoms with Crippen molar-refractivity contribution >= 4 is 5.97 Å². The molecule has 0 aliphatic rings. The highest BCUT2D eigenvalue weighted by molar-refractivity contribution is 5.66. The fourth-order valence-corrected chi connectivity index (χ4v) is 0.479. The Hall–Kier alpha value is -0.790. The molecule has 0 rings (SSSR count). The van der Waals surface area contributed by atoms with Crippen molar-refractivity contribution < 1.29 is 9.90 Å². The molecule has 0 atom stereocenters. The molecular weight excluding hydrogens is 116 g/mol. The van der Waals surface area contributed by atoms with Gasteiger partial charge in [0.25, 0.3) is 0 Å². The predicted octanol–water partition coefficient (Wildman–Crippen LogP) is 1.69. The minimum absolute atomic E-state index is 0.130. The van der Waals surface area contributed by atoms with E-state index in [0.717, 1.165) is 5.57 Å². The molecule has 0 bridgehead atoms. The monoisotopic (exact) mass is 127 g/mol. The molecule has 0 aliphatic carbocycles. The minimum atomic E-state index is -0.979. The predicted molar refractivity (Wildman–Crippen MR) is 34.4 cm³/mol. The van der Waals surface area contributed by atoms with Crippen LogP contribution in [0.1, 0.15) is 26.7 Å². The van der Waals surface area contributed by atoms with E-state index in [1.807, 2.05) is 19.9 Å². The highest BCUT2D eigenvalue weighted by Crippen LogP contribution is 1.96. The van der Waals surface area contributed by atoms with E-state index >= 15 is 0 Å². The maximum Gasteiger partial charge on any atom is 0.355 e. The summed E-state index contributed by atoms with van der Waals surface area (Å²) in [6.07, 6.45) is 2.60. The Morgan fingerprint density at radius 2 is 2.00 bits per heavy atom. The Kier molecular flexibility index (Phi) is 3.76. The zero-order chi connectivity index (χ0) is 7.28. The van der Waals surface area contributed by atoms with Crippen molar-refractivity contribution in [2.45, 2.75) is 26.7 Å². The first-order valence-electron chi connectivity index (χ1n) is 2.96. The first-order chi connectivity index (χ1) is 4.13. The molecule has 2 heteroatoms. The van der Waals surface area contributed by atoms with Crippen LogP contribution in [0.3, 0.4) is 0 Å². The SMILES string of the molecule is CC(C)=CCCC([O])=O.